The molecule has 0 aliphatic carbocycles. The van der Waals surface area contributed by atoms with E-state index in [-0.39, 0.29) is 22.6 Å². The van der Waals surface area contributed by atoms with Crippen LogP contribution in [0.4, 0.5) is 8.78 Å². The van der Waals surface area contributed by atoms with Crippen LogP contribution in [0.1, 0.15) is 29.8 Å². The Bertz CT molecular complexity index is 915. The van der Waals surface area contributed by atoms with Gasteiger partial charge in [-0.05, 0) is 62.2 Å². The Morgan fingerprint density at radius 3 is 2.17 bits per heavy atom. The third kappa shape index (κ3) is 6.23. The van der Waals surface area contributed by atoms with Gasteiger partial charge in [0, 0.05) is 25.2 Å². The van der Waals surface area contributed by atoms with Gasteiger partial charge in [0.2, 0.25) is 10.0 Å². The van der Waals surface area contributed by atoms with Crippen LogP contribution >= 0.6 is 0 Å². The molecule has 1 N–H and O–H groups in total. The molecule has 0 spiro atoms. The van der Waals surface area contributed by atoms with Crippen molar-refractivity contribution in [3.63, 3.8) is 0 Å². The molecular weight excluding hydrogens is 402 g/mol. The number of halogens is 2. The third-order valence-electron chi connectivity index (χ3n) is 4.37. The zero-order valence-corrected chi connectivity index (χ0v) is 17.2. The molecule has 6 nitrogen and oxygen atoms in total. The highest BCUT2D eigenvalue weighted by Gasteiger charge is 2.23. The first kappa shape index (κ1) is 22.8. The molecule has 0 aliphatic rings. The lowest BCUT2D eigenvalue weighted by Gasteiger charge is -2.21. The summed E-state index contributed by atoms with van der Waals surface area (Å²) in [5.74, 6) is -0.255. The molecule has 2 aromatic rings. The quantitative estimate of drug-likeness (QED) is 0.668. The lowest BCUT2D eigenvalue weighted by Crippen LogP contribution is -2.33. The zero-order valence-electron chi connectivity index (χ0n) is 16.4. The van der Waals surface area contributed by atoms with Gasteiger partial charge in [-0.3, -0.25) is 4.79 Å². The minimum atomic E-state index is -3.60. The number of carbonyl (C=O) groups is 1. The summed E-state index contributed by atoms with van der Waals surface area (Å²) in [4.78, 5) is 12.4. The topological polar surface area (TPSA) is 75.7 Å². The number of amides is 1. The van der Waals surface area contributed by atoms with Gasteiger partial charge in [0.05, 0.1) is 4.90 Å². The Kier molecular flexibility index (Phi) is 7.69. The Hall–Kier alpha value is -2.52. The fourth-order valence-corrected chi connectivity index (χ4v) is 3.85. The molecule has 0 aliphatic heterocycles. The second-order valence-electron chi connectivity index (χ2n) is 6.67. The summed E-state index contributed by atoms with van der Waals surface area (Å²) in [5, 5.41) is 2.74. The van der Waals surface area contributed by atoms with Gasteiger partial charge < -0.3 is 10.1 Å². The van der Waals surface area contributed by atoms with Gasteiger partial charge in [-0.25, -0.2) is 8.42 Å². The van der Waals surface area contributed by atoms with E-state index in [0.717, 1.165) is 5.56 Å². The Balaban J connectivity index is 1.91. The van der Waals surface area contributed by atoms with Crippen LogP contribution in [-0.4, -0.2) is 44.9 Å². The minimum absolute atomic E-state index is 0.0749. The minimum Gasteiger partial charge on any atom is -0.435 e. The van der Waals surface area contributed by atoms with E-state index >= 15 is 0 Å². The Morgan fingerprint density at radius 1 is 1.07 bits per heavy atom. The van der Waals surface area contributed by atoms with Crippen molar-refractivity contribution in [2.75, 3.05) is 13.6 Å². The molecule has 0 unspecified atom stereocenters. The van der Waals surface area contributed by atoms with E-state index < -0.39 is 16.6 Å². The molecule has 0 atom stereocenters. The van der Waals surface area contributed by atoms with E-state index in [2.05, 4.69) is 10.1 Å². The summed E-state index contributed by atoms with van der Waals surface area (Å²) < 4.78 is 54.7. The van der Waals surface area contributed by atoms with Crippen molar-refractivity contribution in [2.24, 2.45) is 0 Å². The third-order valence-corrected chi connectivity index (χ3v) is 6.42. The second-order valence-corrected chi connectivity index (χ2v) is 8.67. The van der Waals surface area contributed by atoms with E-state index in [1.807, 2.05) is 0 Å². The molecule has 0 aromatic heterocycles. The van der Waals surface area contributed by atoms with Crippen molar-refractivity contribution in [3.8, 4) is 5.75 Å². The standard InChI is InChI=1S/C20H24F2N2O4S/c1-14(2)24(3)29(26,27)18-10-6-16(7-11-18)19(25)23-13-12-15-4-8-17(9-5-15)28-20(21)22/h4-11,14,20H,12-13H2,1-3H3,(H,23,25). The molecule has 2 aromatic carbocycles. The fraction of sp³-hybridized carbons (Fsp3) is 0.350. The van der Waals surface area contributed by atoms with Crippen LogP contribution in [0, 0.1) is 0 Å². The number of alkyl halides is 2. The fourth-order valence-electron chi connectivity index (χ4n) is 2.48. The van der Waals surface area contributed by atoms with E-state index in [9.17, 15) is 22.0 Å². The van der Waals surface area contributed by atoms with Gasteiger partial charge in [-0.2, -0.15) is 13.1 Å². The predicted octanol–water partition coefficient (Wildman–Crippen LogP) is 3.29. The van der Waals surface area contributed by atoms with Gasteiger partial charge in [-0.15, -0.1) is 0 Å². The predicted molar refractivity (Wildman–Crippen MR) is 106 cm³/mol. The summed E-state index contributed by atoms with van der Waals surface area (Å²) in [5.41, 5.74) is 1.20. The van der Waals surface area contributed by atoms with Crippen LogP contribution in [0.25, 0.3) is 0 Å². The number of ether oxygens (including phenoxy) is 1. The maximum absolute atomic E-state index is 12.4. The van der Waals surface area contributed by atoms with Crippen LogP contribution < -0.4 is 10.1 Å². The molecule has 0 saturated heterocycles. The number of hydrogen-bond acceptors (Lipinski definition) is 4. The molecule has 158 valence electrons. The SMILES string of the molecule is CC(C)N(C)S(=O)(=O)c1ccc(C(=O)NCCc2ccc(OC(F)F)cc2)cc1. The highest BCUT2D eigenvalue weighted by atomic mass is 32.2. The van der Waals surface area contributed by atoms with Gasteiger partial charge in [0.25, 0.3) is 5.91 Å². The summed E-state index contributed by atoms with van der Waals surface area (Å²) in [6.45, 7) is 1.02. The van der Waals surface area contributed by atoms with Crippen molar-refractivity contribution in [2.45, 2.75) is 37.8 Å². The van der Waals surface area contributed by atoms with E-state index in [1.165, 1.54) is 47.8 Å². The van der Waals surface area contributed by atoms with Crippen LogP contribution in [0.3, 0.4) is 0 Å². The zero-order chi connectivity index (χ0) is 21.6. The molecule has 0 fully saturated rings. The average molecular weight is 426 g/mol. The lowest BCUT2D eigenvalue weighted by atomic mass is 10.1. The number of carbonyl (C=O) groups excluding carboxylic acids is 1. The van der Waals surface area contributed by atoms with Gasteiger partial charge in [0.15, 0.2) is 0 Å². The highest BCUT2D eigenvalue weighted by Crippen LogP contribution is 2.17. The molecule has 2 rings (SSSR count). The first-order valence-electron chi connectivity index (χ1n) is 9.01. The number of rotatable bonds is 9. The summed E-state index contributed by atoms with van der Waals surface area (Å²) in [6.07, 6.45) is 0.506. The summed E-state index contributed by atoms with van der Waals surface area (Å²) >= 11 is 0. The van der Waals surface area contributed by atoms with Gasteiger partial charge in [-0.1, -0.05) is 12.1 Å². The van der Waals surface area contributed by atoms with Crippen LogP contribution in [-0.2, 0) is 16.4 Å². The largest absolute Gasteiger partial charge is 0.435 e. The molecule has 29 heavy (non-hydrogen) atoms. The number of sulfonamides is 1. The number of hydrogen-bond donors (Lipinski definition) is 1. The summed E-state index contributed by atoms with van der Waals surface area (Å²) in [7, 11) is -2.09. The molecule has 1 amide bonds. The normalized spacial score (nSPS) is 11.9. The van der Waals surface area contributed by atoms with Crippen molar-refractivity contribution in [3.05, 3.63) is 59.7 Å². The van der Waals surface area contributed by atoms with E-state index in [0.29, 0.717) is 18.5 Å². The number of benzene rings is 2. The van der Waals surface area contributed by atoms with Crippen LogP contribution in [0.15, 0.2) is 53.4 Å². The number of nitrogens with zero attached hydrogens (tertiary/aromatic N) is 1. The van der Waals surface area contributed by atoms with Crippen LogP contribution in [0.2, 0.25) is 0 Å². The molecular formula is C20H24F2N2O4S. The molecule has 0 bridgehead atoms. The summed E-state index contributed by atoms with van der Waals surface area (Å²) in [6, 6.07) is 11.7. The molecule has 0 saturated carbocycles. The van der Waals surface area contributed by atoms with Gasteiger partial charge in [0.1, 0.15) is 5.75 Å². The maximum atomic E-state index is 12.4. The smallest absolute Gasteiger partial charge is 0.387 e. The van der Waals surface area contributed by atoms with Crippen molar-refractivity contribution in [1.82, 2.24) is 9.62 Å². The van der Waals surface area contributed by atoms with E-state index in [4.69, 9.17) is 0 Å². The molecule has 0 radical (unpaired) electrons. The Labute approximate surface area is 169 Å². The molecule has 0 heterocycles. The Morgan fingerprint density at radius 2 is 1.66 bits per heavy atom. The molecule has 9 heteroatoms. The van der Waals surface area contributed by atoms with Crippen LogP contribution in [0.5, 0.6) is 5.75 Å². The maximum Gasteiger partial charge on any atom is 0.387 e. The second kappa shape index (κ2) is 9.80. The lowest BCUT2D eigenvalue weighted by molar-refractivity contribution is -0.0498. The van der Waals surface area contributed by atoms with Crippen molar-refractivity contribution >= 4 is 15.9 Å². The van der Waals surface area contributed by atoms with Crippen molar-refractivity contribution < 1.29 is 26.7 Å². The monoisotopic (exact) mass is 426 g/mol. The van der Waals surface area contributed by atoms with E-state index in [1.54, 1.807) is 26.0 Å². The number of nitrogens with one attached hydrogen (secondary N) is 1. The van der Waals surface area contributed by atoms with Gasteiger partial charge >= 0.3 is 6.61 Å². The first-order valence-corrected chi connectivity index (χ1v) is 10.5. The first-order chi connectivity index (χ1) is 13.6. The highest BCUT2D eigenvalue weighted by molar-refractivity contribution is 7.89. The van der Waals surface area contributed by atoms with Crippen molar-refractivity contribution in [1.29, 1.82) is 0 Å². The average Bonchev–Trinajstić information content (AvgIpc) is 2.68.